The molecule has 0 aliphatic heterocycles. The minimum atomic E-state index is 0. The number of hydrogen-bond donors (Lipinski definition) is 4. The Morgan fingerprint density at radius 2 is 1.05 bits per heavy atom. The zero-order valence-electron chi connectivity index (χ0n) is 10.9. The van der Waals surface area contributed by atoms with Crippen LogP contribution in [0.4, 0.5) is 0 Å². The maximum Gasteiger partial charge on any atom is 0.00767 e. The summed E-state index contributed by atoms with van der Waals surface area (Å²) < 4.78 is 0. The van der Waals surface area contributed by atoms with Gasteiger partial charge in [-0.1, -0.05) is 10.8 Å². The van der Waals surface area contributed by atoms with Crippen molar-refractivity contribution in [2.45, 2.75) is 12.8 Å². The third-order valence-electron chi connectivity index (χ3n) is 1.59. The van der Waals surface area contributed by atoms with Gasteiger partial charge in [0.25, 0.3) is 0 Å². The Hall–Kier alpha value is -0.234. The van der Waals surface area contributed by atoms with Gasteiger partial charge in [-0.25, -0.2) is 10.5 Å². The van der Waals surface area contributed by atoms with Crippen molar-refractivity contribution >= 4 is 25.3 Å². The predicted molar refractivity (Wildman–Crippen MR) is 79.0 cm³/mol. The Bertz CT molecular complexity index is 185. The van der Waals surface area contributed by atoms with Crippen LogP contribution in [-0.4, -0.2) is 39.3 Å². The summed E-state index contributed by atoms with van der Waals surface area (Å²) in [4.78, 5) is 0. The molecule has 0 unspecified atom stereocenters. The maximum absolute atomic E-state index is 7.13. The standard InChI is InChI=1S/C8H22N4.2CHNS.Co/c9-3-1-5-11-7-8-12-6-2-4-10;2*2-1-3;/h11-12H,1-10H2;2*3H;/p-2. The van der Waals surface area contributed by atoms with E-state index in [4.69, 9.17) is 22.0 Å². The molecule has 0 fully saturated rings. The Labute approximate surface area is 137 Å². The van der Waals surface area contributed by atoms with E-state index in [1.54, 1.807) is 0 Å². The van der Waals surface area contributed by atoms with E-state index in [-0.39, 0.29) is 16.8 Å². The second-order valence-corrected chi connectivity index (χ2v) is 3.33. The quantitative estimate of drug-likeness (QED) is 0.235. The van der Waals surface area contributed by atoms with Gasteiger partial charge in [0.15, 0.2) is 0 Å². The van der Waals surface area contributed by atoms with Gasteiger partial charge in [-0.2, -0.15) is 0 Å². The summed E-state index contributed by atoms with van der Waals surface area (Å²) in [5.74, 6) is 0. The van der Waals surface area contributed by atoms with Crippen LogP contribution in [0.5, 0.6) is 0 Å². The van der Waals surface area contributed by atoms with E-state index in [1.807, 2.05) is 0 Å². The van der Waals surface area contributed by atoms with Crippen molar-refractivity contribution in [3.63, 3.8) is 0 Å². The van der Waals surface area contributed by atoms with Crippen LogP contribution in [0.15, 0.2) is 0 Å². The van der Waals surface area contributed by atoms with Crippen LogP contribution >= 0.6 is 0 Å². The molecule has 0 bridgehead atoms. The molecule has 0 aromatic carbocycles. The summed E-state index contributed by atoms with van der Waals surface area (Å²) in [6, 6.07) is 0. The van der Waals surface area contributed by atoms with Crippen LogP contribution in [0.1, 0.15) is 12.8 Å². The molecule has 0 aromatic rings. The first-order valence-electron chi connectivity index (χ1n) is 5.59. The minimum Gasteiger partial charge on any atom is -0.696 e. The summed E-state index contributed by atoms with van der Waals surface area (Å²) in [6.45, 7) is 5.63. The smallest absolute Gasteiger partial charge is 0.00767 e. The van der Waals surface area contributed by atoms with E-state index in [0.29, 0.717) is 0 Å². The van der Waals surface area contributed by atoms with Crippen LogP contribution in [0.2, 0.25) is 0 Å². The van der Waals surface area contributed by atoms with Gasteiger partial charge in [0.1, 0.15) is 0 Å². The third-order valence-corrected chi connectivity index (χ3v) is 1.59. The fourth-order valence-electron chi connectivity index (χ4n) is 0.881. The van der Waals surface area contributed by atoms with E-state index < -0.39 is 0 Å². The molecule has 0 amide bonds. The molecule has 9 heteroatoms. The van der Waals surface area contributed by atoms with Crippen molar-refractivity contribution < 1.29 is 16.8 Å². The topological polar surface area (TPSA) is 124 Å². The fraction of sp³-hybridized carbons (Fsp3) is 0.800. The van der Waals surface area contributed by atoms with Gasteiger partial charge in [-0.15, -0.1) is 0 Å². The third kappa shape index (κ3) is 57.5. The molecule has 0 rings (SSSR count). The van der Waals surface area contributed by atoms with Crippen molar-refractivity contribution in [1.29, 1.82) is 10.5 Å². The molecule has 0 spiro atoms. The van der Waals surface area contributed by atoms with E-state index in [1.165, 1.54) is 10.8 Å². The van der Waals surface area contributed by atoms with Crippen molar-refractivity contribution in [3.8, 4) is 10.8 Å². The molecule has 0 aliphatic rings. The van der Waals surface area contributed by atoms with Crippen LogP contribution in [0.3, 0.4) is 0 Å². The second kappa shape index (κ2) is 36.1. The van der Waals surface area contributed by atoms with Gasteiger partial charge < -0.3 is 47.4 Å². The summed E-state index contributed by atoms with van der Waals surface area (Å²) in [5, 5.41) is 23.5. The number of nitriles is 2. The number of nitrogens with zero attached hydrogens (tertiary/aromatic N) is 2. The van der Waals surface area contributed by atoms with E-state index in [2.05, 4.69) is 35.9 Å². The van der Waals surface area contributed by atoms with Crippen molar-refractivity contribution in [1.82, 2.24) is 10.6 Å². The fourth-order valence-corrected chi connectivity index (χ4v) is 0.881. The summed E-state index contributed by atoms with van der Waals surface area (Å²) in [5.41, 5.74) is 10.7. The number of thiocyanates is 2. The van der Waals surface area contributed by atoms with E-state index >= 15 is 0 Å². The van der Waals surface area contributed by atoms with Crippen molar-refractivity contribution in [3.05, 3.63) is 0 Å². The number of nitrogens with one attached hydrogen (secondary N) is 2. The molecule has 1 radical (unpaired) electrons. The summed E-state index contributed by atoms with van der Waals surface area (Å²) >= 11 is 7.40. The first-order chi connectivity index (χ1) is 8.74. The molecular formula is C10H22CoN6S2-2. The van der Waals surface area contributed by atoms with Gasteiger partial charge >= 0.3 is 0 Å². The zero-order valence-corrected chi connectivity index (χ0v) is 13.5. The van der Waals surface area contributed by atoms with Crippen LogP contribution in [0, 0.1) is 21.3 Å². The molecule has 6 nitrogen and oxygen atoms in total. The Morgan fingerprint density at radius 3 is 1.26 bits per heavy atom. The Balaban J connectivity index is -0.000000137. The number of hydrogen-bond acceptors (Lipinski definition) is 8. The number of nitrogens with two attached hydrogens (primary N) is 2. The number of rotatable bonds is 9. The molecule has 115 valence electrons. The molecule has 0 saturated heterocycles. The molecule has 0 atom stereocenters. The van der Waals surface area contributed by atoms with Gasteiger partial charge in [0.2, 0.25) is 0 Å². The summed E-state index contributed by atoms with van der Waals surface area (Å²) in [6.07, 6.45) is 2.12. The first kappa shape index (κ1) is 27.2. The molecule has 0 aromatic heterocycles. The SMILES string of the molecule is N#C[S-].N#C[S-].NCCCNCCNCCCN.[Co]. The van der Waals surface area contributed by atoms with E-state index in [9.17, 15) is 0 Å². The van der Waals surface area contributed by atoms with Crippen LogP contribution < -0.4 is 22.1 Å². The van der Waals surface area contributed by atoms with Gasteiger partial charge in [-0.3, -0.25) is 0 Å². The van der Waals surface area contributed by atoms with Crippen LogP contribution in [-0.2, 0) is 42.0 Å². The monoisotopic (exact) mass is 349 g/mol. The van der Waals surface area contributed by atoms with E-state index in [0.717, 1.165) is 52.1 Å². The average molecular weight is 349 g/mol. The molecule has 0 aliphatic carbocycles. The molecule has 0 heterocycles. The second-order valence-electron chi connectivity index (χ2n) is 2.97. The molecular weight excluding hydrogens is 327 g/mol. The Morgan fingerprint density at radius 1 is 0.789 bits per heavy atom. The molecule has 6 N–H and O–H groups in total. The van der Waals surface area contributed by atoms with Crippen molar-refractivity contribution in [2.24, 2.45) is 11.5 Å². The van der Waals surface area contributed by atoms with Crippen LogP contribution in [0.25, 0.3) is 0 Å². The minimum absolute atomic E-state index is 0. The Kier molecular flexibility index (Phi) is 51.6. The van der Waals surface area contributed by atoms with Crippen molar-refractivity contribution in [2.75, 3.05) is 39.3 Å². The normalized spacial score (nSPS) is 7.37. The average Bonchev–Trinajstić information content (AvgIpc) is 2.35. The van der Waals surface area contributed by atoms with Gasteiger partial charge in [-0.05, 0) is 39.0 Å². The van der Waals surface area contributed by atoms with Gasteiger partial charge in [0, 0.05) is 29.9 Å². The zero-order chi connectivity index (χ0) is 14.5. The molecule has 0 saturated carbocycles. The largest absolute Gasteiger partial charge is 0.696 e. The molecule has 19 heavy (non-hydrogen) atoms. The summed E-state index contributed by atoms with van der Waals surface area (Å²) in [7, 11) is 0. The van der Waals surface area contributed by atoms with Gasteiger partial charge in [0.05, 0.1) is 0 Å². The maximum atomic E-state index is 7.13. The first-order valence-corrected chi connectivity index (χ1v) is 6.40. The predicted octanol–water partition coefficient (Wildman–Crippen LogP) is -1.11.